The number of rotatable bonds is 7. The summed E-state index contributed by atoms with van der Waals surface area (Å²) in [5, 5.41) is 5.14. The van der Waals surface area contributed by atoms with Crippen LogP contribution in [0.2, 0.25) is 0 Å². The zero-order valence-electron chi connectivity index (χ0n) is 17.6. The fraction of sp³-hybridized carbons (Fsp3) is 0.111. The summed E-state index contributed by atoms with van der Waals surface area (Å²) in [6.45, 7) is 1.97. The van der Waals surface area contributed by atoms with Gasteiger partial charge in [-0.3, -0.25) is 4.57 Å². The summed E-state index contributed by atoms with van der Waals surface area (Å²) < 4.78 is 14.9. The first-order valence-corrected chi connectivity index (χ1v) is 12.2. The molecule has 0 fully saturated rings. The van der Waals surface area contributed by atoms with Crippen molar-refractivity contribution in [2.75, 3.05) is 0 Å². The quantitative estimate of drug-likeness (QED) is 0.418. The van der Waals surface area contributed by atoms with E-state index in [1.807, 2.05) is 128 Å². The molecule has 0 saturated carbocycles. The van der Waals surface area contributed by atoms with E-state index in [1.165, 1.54) is 0 Å². The lowest BCUT2D eigenvalue weighted by atomic mass is 9.79. The van der Waals surface area contributed by atoms with E-state index in [0.717, 1.165) is 21.7 Å². The summed E-state index contributed by atoms with van der Waals surface area (Å²) >= 11 is 0. The zero-order chi connectivity index (χ0) is 21.7. The van der Waals surface area contributed by atoms with Gasteiger partial charge >= 0.3 is 0 Å². The average molecular weight is 427 g/mol. The van der Waals surface area contributed by atoms with Gasteiger partial charge in [-0.25, -0.2) is 5.09 Å². The lowest BCUT2D eigenvalue weighted by Gasteiger charge is -2.42. The molecule has 0 aromatic heterocycles. The van der Waals surface area contributed by atoms with Crippen LogP contribution in [0.4, 0.5) is 0 Å². The molecule has 0 heterocycles. The standard InChI is InChI=1S/C27H27N2OP/c1-22(28)27(23-14-6-2-7-15-23,24-16-8-3-9-17-24)29-31(30,25-18-10-4-11-19-25)26-20-12-5-13-21-26/h2-22H,28H2,1H3,(H,29,30)/t22-/m0/s1. The fourth-order valence-corrected chi connectivity index (χ4v) is 6.83. The Morgan fingerprint density at radius 2 is 0.968 bits per heavy atom. The van der Waals surface area contributed by atoms with Gasteiger partial charge in [0.15, 0.2) is 0 Å². The zero-order valence-corrected chi connectivity index (χ0v) is 18.5. The highest BCUT2D eigenvalue weighted by Crippen LogP contribution is 2.47. The van der Waals surface area contributed by atoms with Gasteiger partial charge in [0.25, 0.3) is 0 Å². The van der Waals surface area contributed by atoms with Crippen LogP contribution in [0, 0.1) is 0 Å². The third kappa shape index (κ3) is 4.00. The van der Waals surface area contributed by atoms with E-state index < -0.39 is 12.8 Å². The predicted octanol–water partition coefficient (Wildman–Crippen LogP) is 4.80. The number of hydrogen-bond donors (Lipinski definition) is 2. The first kappa shape index (κ1) is 21.3. The van der Waals surface area contributed by atoms with Crippen LogP contribution in [0.1, 0.15) is 18.1 Å². The van der Waals surface area contributed by atoms with Crippen LogP contribution in [0.3, 0.4) is 0 Å². The fourth-order valence-electron chi connectivity index (χ4n) is 4.13. The molecule has 31 heavy (non-hydrogen) atoms. The van der Waals surface area contributed by atoms with E-state index in [2.05, 4.69) is 5.09 Å². The average Bonchev–Trinajstić information content (AvgIpc) is 2.84. The third-order valence-electron chi connectivity index (χ3n) is 5.71. The maximum absolute atomic E-state index is 14.9. The summed E-state index contributed by atoms with van der Waals surface area (Å²) in [6, 6.07) is 39.0. The lowest BCUT2D eigenvalue weighted by Crippen LogP contribution is -2.55. The molecule has 4 rings (SSSR count). The van der Waals surface area contributed by atoms with Crippen LogP contribution in [-0.4, -0.2) is 6.04 Å². The first-order valence-electron chi connectivity index (χ1n) is 10.4. The minimum absolute atomic E-state index is 0.363. The van der Waals surface area contributed by atoms with Gasteiger partial charge in [-0.1, -0.05) is 97.1 Å². The van der Waals surface area contributed by atoms with Gasteiger partial charge in [-0.2, -0.15) is 0 Å². The monoisotopic (exact) mass is 426 g/mol. The van der Waals surface area contributed by atoms with E-state index in [0.29, 0.717) is 0 Å². The molecular formula is C27H27N2OP. The van der Waals surface area contributed by atoms with Crippen molar-refractivity contribution in [2.24, 2.45) is 5.73 Å². The molecule has 0 amide bonds. The highest BCUT2D eigenvalue weighted by atomic mass is 31.2. The molecule has 0 unspecified atom stereocenters. The summed E-state index contributed by atoms with van der Waals surface area (Å²) in [5.41, 5.74) is 7.81. The SMILES string of the molecule is C[C@H](N)C(NP(=O)(c1ccccc1)c1ccccc1)(c1ccccc1)c1ccccc1. The molecule has 4 heteroatoms. The minimum atomic E-state index is -3.26. The van der Waals surface area contributed by atoms with Crippen LogP contribution in [0.15, 0.2) is 121 Å². The molecule has 0 radical (unpaired) electrons. The summed E-state index contributed by atoms with van der Waals surface area (Å²) in [4.78, 5) is 0. The number of nitrogens with two attached hydrogens (primary N) is 1. The maximum atomic E-state index is 14.9. The third-order valence-corrected chi connectivity index (χ3v) is 8.43. The van der Waals surface area contributed by atoms with Gasteiger partial charge in [0.2, 0.25) is 7.29 Å². The number of benzene rings is 4. The molecular weight excluding hydrogens is 399 g/mol. The molecule has 4 aromatic carbocycles. The van der Waals surface area contributed by atoms with Crippen molar-refractivity contribution < 1.29 is 4.57 Å². The second-order valence-corrected chi connectivity index (χ2v) is 10.2. The van der Waals surface area contributed by atoms with Crippen molar-refractivity contribution in [1.82, 2.24) is 5.09 Å². The van der Waals surface area contributed by atoms with Gasteiger partial charge < -0.3 is 5.73 Å². The Labute approximate surface area is 184 Å². The van der Waals surface area contributed by atoms with Gasteiger partial charge in [-0.15, -0.1) is 0 Å². The van der Waals surface area contributed by atoms with Crippen LogP contribution in [0.25, 0.3) is 0 Å². The van der Waals surface area contributed by atoms with Crippen molar-refractivity contribution in [3.8, 4) is 0 Å². The molecule has 0 aliphatic carbocycles. The van der Waals surface area contributed by atoms with Crippen molar-refractivity contribution >= 4 is 17.9 Å². The summed E-state index contributed by atoms with van der Waals surface area (Å²) in [5.74, 6) is 0. The van der Waals surface area contributed by atoms with Crippen molar-refractivity contribution in [2.45, 2.75) is 18.5 Å². The van der Waals surface area contributed by atoms with Gasteiger partial charge in [-0.05, 0) is 42.3 Å². The van der Waals surface area contributed by atoms with Crippen LogP contribution in [-0.2, 0) is 10.1 Å². The minimum Gasteiger partial charge on any atom is -0.326 e. The molecule has 0 aliphatic heterocycles. The second-order valence-electron chi connectivity index (χ2n) is 7.72. The molecule has 156 valence electrons. The molecule has 1 atom stereocenters. The van der Waals surface area contributed by atoms with Crippen LogP contribution >= 0.6 is 7.29 Å². The van der Waals surface area contributed by atoms with Crippen LogP contribution in [0.5, 0.6) is 0 Å². The smallest absolute Gasteiger partial charge is 0.205 e. The van der Waals surface area contributed by atoms with Gasteiger partial charge in [0.05, 0.1) is 5.54 Å². The molecule has 3 nitrogen and oxygen atoms in total. The molecule has 3 N–H and O–H groups in total. The van der Waals surface area contributed by atoms with Crippen molar-refractivity contribution in [3.05, 3.63) is 132 Å². The summed E-state index contributed by atoms with van der Waals surface area (Å²) in [6.07, 6.45) is 0. The molecule has 0 saturated heterocycles. The Kier molecular flexibility index (Phi) is 6.20. The topological polar surface area (TPSA) is 55.1 Å². The highest BCUT2D eigenvalue weighted by molar-refractivity contribution is 7.77. The van der Waals surface area contributed by atoms with Crippen molar-refractivity contribution in [1.29, 1.82) is 0 Å². The summed E-state index contributed by atoms with van der Waals surface area (Å²) in [7, 11) is -3.26. The largest absolute Gasteiger partial charge is 0.326 e. The van der Waals surface area contributed by atoms with Gasteiger partial charge in [0, 0.05) is 16.7 Å². The van der Waals surface area contributed by atoms with E-state index in [4.69, 9.17) is 5.73 Å². The Morgan fingerprint density at radius 1 is 0.645 bits per heavy atom. The normalized spacial score (nSPS) is 13.0. The Hall–Kier alpha value is -2.97. The molecule has 0 spiro atoms. The first-order chi connectivity index (χ1) is 15.1. The molecule has 0 bridgehead atoms. The van der Waals surface area contributed by atoms with E-state index in [9.17, 15) is 4.57 Å². The van der Waals surface area contributed by atoms with Crippen LogP contribution < -0.4 is 21.4 Å². The lowest BCUT2D eigenvalue weighted by molar-refractivity contribution is 0.401. The van der Waals surface area contributed by atoms with E-state index in [1.54, 1.807) is 0 Å². The van der Waals surface area contributed by atoms with Crippen molar-refractivity contribution in [3.63, 3.8) is 0 Å². The predicted molar refractivity (Wildman–Crippen MR) is 130 cm³/mol. The van der Waals surface area contributed by atoms with E-state index in [-0.39, 0.29) is 6.04 Å². The highest BCUT2D eigenvalue weighted by Gasteiger charge is 2.44. The maximum Gasteiger partial charge on any atom is 0.205 e. The van der Waals surface area contributed by atoms with Gasteiger partial charge in [0.1, 0.15) is 0 Å². The Bertz CT molecular complexity index is 1060. The van der Waals surface area contributed by atoms with E-state index >= 15 is 0 Å². The second kappa shape index (κ2) is 9.03. The Morgan fingerprint density at radius 3 is 1.29 bits per heavy atom. The molecule has 4 aromatic rings. The molecule has 0 aliphatic rings. The number of nitrogens with one attached hydrogen (secondary N) is 1. The Balaban J connectivity index is 2.00. The number of hydrogen-bond acceptors (Lipinski definition) is 2.